The van der Waals surface area contributed by atoms with Gasteiger partial charge in [-0.2, -0.15) is 18.2 Å². The third-order valence-electron chi connectivity index (χ3n) is 5.08. The second-order valence-electron chi connectivity index (χ2n) is 6.89. The Morgan fingerprint density at radius 1 is 1.29 bits per heavy atom. The highest BCUT2D eigenvalue weighted by molar-refractivity contribution is 5.96. The minimum absolute atomic E-state index is 0.112. The van der Waals surface area contributed by atoms with Gasteiger partial charge in [0.2, 0.25) is 5.91 Å². The number of methoxy groups -OCH3 is 1. The molecule has 2 bridgehead atoms. The molecule has 0 aliphatic carbocycles. The van der Waals surface area contributed by atoms with Crippen molar-refractivity contribution in [2.75, 3.05) is 7.11 Å². The van der Waals surface area contributed by atoms with Gasteiger partial charge < -0.3 is 15.0 Å². The molecule has 10 heteroatoms. The molecule has 1 aromatic rings. The van der Waals surface area contributed by atoms with Crippen LogP contribution >= 0.6 is 0 Å². The van der Waals surface area contributed by atoms with Gasteiger partial charge in [-0.05, 0) is 38.7 Å². The van der Waals surface area contributed by atoms with E-state index in [0.717, 1.165) is 13.3 Å². The molecule has 7 nitrogen and oxygen atoms in total. The van der Waals surface area contributed by atoms with Gasteiger partial charge in [0.1, 0.15) is 0 Å². The zero-order valence-electron chi connectivity index (χ0n) is 15.5. The van der Waals surface area contributed by atoms with Crippen LogP contribution in [0.15, 0.2) is 18.3 Å². The molecule has 3 heterocycles. The van der Waals surface area contributed by atoms with Gasteiger partial charge in [-0.3, -0.25) is 9.59 Å². The van der Waals surface area contributed by atoms with Gasteiger partial charge in [-0.15, -0.1) is 0 Å². The molecule has 0 radical (unpaired) electrons. The number of carbonyl (C=O) groups is 2. The van der Waals surface area contributed by atoms with Crippen LogP contribution < -0.4 is 10.1 Å². The van der Waals surface area contributed by atoms with E-state index in [1.165, 1.54) is 11.0 Å². The maximum absolute atomic E-state index is 13.4. The van der Waals surface area contributed by atoms with Gasteiger partial charge in [-0.1, -0.05) is 6.08 Å². The number of hydrogen-bond donors (Lipinski definition) is 1. The normalized spacial score (nSPS) is 24.5. The van der Waals surface area contributed by atoms with Crippen LogP contribution in [0.5, 0.6) is 6.01 Å². The van der Waals surface area contributed by atoms with Crippen molar-refractivity contribution in [2.45, 2.75) is 56.9 Å². The van der Waals surface area contributed by atoms with Crippen LogP contribution in [-0.2, 0) is 11.0 Å². The minimum Gasteiger partial charge on any atom is -0.467 e. The lowest BCUT2D eigenvalue weighted by molar-refractivity contribution is -0.142. The Labute approximate surface area is 160 Å². The first kappa shape index (κ1) is 20.1. The summed E-state index contributed by atoms with van der Waals surface area (Å²) in [7, 11) is 1.16. The van der Waals surface area contributed by atoms with E-state index < -0.39 is 29.4 Å². The largest absolute Gasteiger partial charge is 0.467 e. The minimum atomic E-state index is -4.81. The van der Waals surface area contributed by atoms with Crippen LogP contribution in [0.25, 0.3) is 0 Å². The molecule has 2 fully saturated rings. The number of allylic oxidation sites excluding steroid dienone is 1. The highest BCUT2D eigenvalue weighted by Crippen LogP contribution is 2.39. The number of amides is 2. The molecule has 2 saturated heterocycles. The summed E-state index contributed by atoms with van der Waals surface area (Å²) in [6.45, 7) is 1.74. The third-order valence-corrected chi connectivity index (χ3v) is 5.08. The van der Waals surface area contributed by atoms with Crippen molar-refractivity contribution in [1.82, 2.24) is 20.2 Å². The van der Waals surface area contributed by atoms with E-state index in [4.69, 9.17) is 0 Å². The molecule has 3 rings (SSSR count). The van der Waals surface area contributed by atoms with Crippen LogP contribution in [0.3, 0.4) is 0 Å². The van der Waals surface area contributed by atoms with Crippen molar-refractivity contribution in [3.63, 3.8) is 0 Å². The number of hydrogen-bond acceptors (Lipinski definition) is 5. The summed E-state index contributed by atoms with van der Waals surface area (Å²) in [5.74, 6) is -0.949. The Bertz CT molecular complexity index is 783. The second-order valence-corrected chi connectivity index (χ2v) is 6.89. The van der Waals surface area contributed by atoms with Crippen LogP contribution in [0.1, 0.15) is 48.7 Å². The van der Waals surface area contributed by atoms with E-state index >= 15 is 0 Å². The summed E-state index contributed by atoms with van der Waals surface area (Å²) in [6.07, 6.45) is 1.49. The Kier molecular flexibility index (Phi) is 5.57. The molecular weight excluding hydrogens is 377 g/mol. The Hall–Kier alpha value is -2.65. The number of nitrogens with one attached hydrogen (secondary N) is 1. The Balaban J connectivity index is 1.82. The van der Waals surface area contributed by atoms with Crippen LogP contribution in [0.2, 0.25) is 0 Å². The van der Waals surface area contributed by atoms with Gasteiger partial charge in [0.25, 0.3) is 5.91 Å². The molecule has 2 aliphatic heterocycles. The molecule has 152 valence electrons. The second kappa shape index (κ2) is 7.76. The Morgan fingerprint density at radius 3 is 2.46 bits per heavy atom. The SMILES string of the molecule is C/C=C/C(=O)NC1C[C@H]2CC[C@@H](C1)N2C(=O)c1cnc(OC)nc1C(F)(F)F. The summed E-state index contributed by atoms with van der Waals surface area (Å²) < 4.78 is 44.9. The lowest BCUT2D eigenvalue weighted by Gasteiger charge is -2.39. The maximum Gasteiger partial charge on any atom is 0.434 e. The fourth-order valence-corrected chi connectivity index (χ4v) is 4.00. The maximum atomic E-state index is 13.4. The summed E-state index contributed by atoms with van der Waals surface area (Å²) >= 11 is 0. The molecule has 0 spiro atoms. The first-order valence-electron chi connectivity index (χ1n) is 8.98. The Morgan fingerprint density at radius 2 is 1.93 bits per heavy atom. The standard InChI is InChI=1S/C18H21F3N4O3/c1-3-4-14(26)23-10-7-11-5-6-12(8-10)25(11)16(27)13-9-22-17(28-2)24-15(13)18(19,20)21/h3-4,9-12H,5-8H2,1-2H3,(H,23,26)/b4-3+/t10?,11-,12+. The van der Waals surface area contributed by atoms with Gasteiger partial charge in [0.05, 0.1) is 12.7 Å². The van der Waals surface area contributed by atoms with E-state index in [-0.39, 0.29) is 24.0 Å². The number of carbonyl (C=O) groups excluding carboxylic acids is 2. The smallest absolute Gasteiger partial charge is 0.434 e. The van der Waals surface area contributed by atoms with Crippen LogP contribution in [-0.4, -0.2) is 51.9 Å². The zero-order chi connectivity index (χ0) is 20.5. The quantitative estimate of drug-likeness (QED) is 0.787. The molecule has 0 aromatic carbocycles. The van der Waals surface area contributed by atoms with E-state index in [1.54, 1.807) is 13.0 Å². The fraction of sp³-hybridized carbons (Fsp3) is 0.556. The van der Waals surface area contributed by atoms with E-state index in [2.05, 4.69) is 20.0 Å². The van der Waals surface area contributed by atoms with Gasteiger partial charge >= 0.3 is 12.2 Å². The molecule has 3 atom stereocenters. The van der Waals surface area contributed by atoms with E-state index in [9.17, 15) is 22.8 Å². The summed E-state index contributed by atoms with van der Waals surface area (Å²) in [6, 6.07) is -1.02. The van der Waals surface area contributed by atoms with Crippen molar-refractivity contribution in [3.8, 4) is 6.01 Å². The molecule has 0 saturated carbocycles. The highest BCUT2D eigenvalue weighted by atomic mass is 19.4. The van der Waals surface area contributed by atoms with E-state index in [1.807, 2.05) is 0 Å². The van der Waals surface area contributed by atoms with Crippen molar-refractivity contribution < 1.29 is 27.5 Å². The van der Waals surface area contributed by atoms with E-state index in [0.29, 0.717) is 25.7 Å². The first-order chi connectivity index (χ1) is 13.2. The monoisotopic (exact) mass is 398 g/mol. The number of piperidine rings is 1. The van der Waals surface area contributed by atoms with Crippen molar-refractivity contribution in [3.05, 3.63) is 29.6 Å². The molecule has 1 unspecified atom stereocenters. The zero-order valence-corrected chi connectivity index (χ0v) is 15.5. The van der Waals surface area contributed by atoms with Crippen molar-refractivity contribution in [2.24, 2.45) is 0 Å². The molecule has 1 N–H and O–H groups in total. The first-order valence-corrected chi connectivity index (χ1v) is 8.98. The molecule has 28 heavy (non-hydrogen) atoms. The summed E-state index contributed by atoms with van der Waals surface area (Å²) in [4.78, 5) is 33.3. The van der Waals surface area contributed by atoms with Gasteiger partial charge in [0, 0.05) is 24.3 Å². The molecule has 2 amide bonds. The number of halogens is 3. The summed E-state index contributed by atoms with van der Waals surface area (Å²) in [5.41, 5.74) is -1.88. The lowest BCUT2D eigenvalue weighted by atomic mass is 9.96. The number of rotatable bonds is 4. The number of ether oxygens (including phenoxy) is 1. The average Bonchev–Trinajstić information content (AvgIpc) is 2.90. The number of nitrogens with zero attached hydrogens (tertiary/aromatic N) is 3. The van der Waals surface area contributed by atoms with Gasteiger partial charge in [0.15, 0.2) is 5.69 Å². The van der Waals surface area contributed by atoms with Gasteiger partial charge in [-0.25, -0.2) is 4.98 Å². The van der Waals surface area contributed by atoms with Crippen LogP contribution in [0, 0.1) is 0 Å². The average molecular weight is 398 g/mol. The third kappa shape index (κ3) is 3.95. The van der Waals surface area contributed by atoms with Crippen molar-refractivity contribution >= 4 is 11.8 Å². The molecule has 2 aliphatic rings. The summed E-state index contributed by atoms with van der Waals surface area (Å²) in [5, 5.41) is 2.89. The molecule has 1 aromatic heterocycles. The van der Waals surface area contributed by atoms with Crippen molar-refractivity contribution in [1.29, 1.82) is 0 Å². The molecular formula is C18H21F3N4O3. The van der Waals surface area contributed by atoms with Crippen LogP contribution in [0.4, 0.5) is 13.2 Å². The topological polar surface area (TPSA) is 84.4 Å². The highest BCUT2D eigenvalue weighted by Gasteiger charge is 2.46. The predicted molar refractivity (Wildman–Crippen MR) is 92.5 cm³/mol. The fourth-order valence-electron chi connectivity index (χ4n) is 4.00. The predicted octanol–water partition coefficient (Wildman–Crippen LogP) is 2.33. The number of alkyl halides is 3. The lowest BCUT2D eigenvalue weighted by Crippen LogP contribution is -2.52. The number of fused-ring (bicyclic) bond motifs is 2. The number of aromatic nitrogens is 2.